The van der Waals surface area contributed by atoms with E-state index in [9.17, 15) is 9.18 Å². The number of carbonyl (C=O) groups is 1. The van der Waals surface area contributed by atoms with Crippen molar-refractivity contribution in [2.45, 2.75) is 13.0 Å². The van der Waals surface area contributed by atoms with Gasteiger partial charge in [-0.15, -0.1) is 0 Å². The van der Waals surface area contributed by atoms with Crippen LogP contribution in [0.5, 0.6) is 0 Å². The fraction of sp³-hybridized carbons (Fsp3) is 0.400. The summed E-state index contributed by atoms with van der Waals surface area (Å²) in [4.78, 5) is 11.8. The first-order valence-corrected chi connectivity index (χ1v) is 6.44. The second kappa shape index (κ2) is 7.04. The van der Waals surface area contributed by atoms with Gasteiger partial charge in [-0.2, -0.15) is 0 Å². The highest BCUT2D eigenvalue weighted by Gasteiger charge is 2.23. The topological polar surface area (TPSA) is 58.6 Å². The van der Waals surface area contributed by atoms with E-state index >= 15 is 0 Å². The molecule has 20 heavy (non-hydrogen) atoms. The van der Waals surface area contributed by atoms with Crippen molar-refractivity contribution in [3.8, 4) is 11.8 Å². The number of halogens is 1. The van der Waals surface area contributed by atoms with Crippen molar-refractivity contribution in [2.24, 2.45) is 5.92 Å². The zero-order chi connectivity index (χ0) is 14.4. The lowest BCUT2D eigenvalue weighted by Gasteiger charge is -2.10. The molecule has 1 aromatic carbocycles. The predicted molar refractivity (Wildman–Crippen MR) is 71.1 cm³/mol. The summed E-state index contributed by atoms with van der Waals surface area (Å²) in [5, 5.41) is 11.3. The smallest absolute Gasteiger partial charge is 0.225 e. The number of hydrogen-bond donors (Lipinski definition) is 2. The highest BCUT2D eigenvalue weighted by atomic mass is 19.1. The van der Waals surface area contributed by atoms with Crippen molar-refractivity contribution in [1.29, 1.82) is 0 Å². The Morgan fingerprint density at radius 3 is 3.10 bits per heavy atom. The number of carbonyl (C=O) groups excluding carboxylic acids is 1. The van der Waals surface area contributed by atoms with E-state index in [1.165, 1.54) is 12.1 Å². The first-order valence-electron chi connectivity index (χ1n) is 6.44. The van der Waals surface area contributed by atoms with Crippen LogP contribution in [-0.4, -0.2) is 30.8 Å². The number of ether oxygens (including phenoxy) is 1. The molecule has 5 heteroatoms. The maximum Gasteiger partial charge on any atom is 0.225 e. The number of aliphatic hydroxyl groups is 1. The molecule has 1 aliphatic heterocycles. The van der Waals surface area contributed by atoms with Crippen molar-refractivity contribution < 1.29 is 19.0 Å². The molecule has 0 radical (unpaired) electrons. The van der Waals surface area contributed by atoms with E-state index in [4.69, 9.17) is 9.84 Å². The van der Waals surface area contributed by atoms with Crippen LogP contribution in [0.1, 0.15) is 17.5 Å². The molecule has 2 rings (SSSR count). The van der Waals surface area contributed by atoms with Crippen LogP contribution in [0.15, 0.2) is 18.2 Å². The summed E-state index contributed by atoms with van der Waals surface area (Å²) >= 11 is 0. The Labute approximate surface area is 116 Å². The van der Waals surface area contributed by atoms with E-state index in [0.29, 0.717) is 30.8 Å². The Bertz CT molecular complexity index is 542. The van der Waals surface area contributed by atoms with Crippen LogP contribution in [0, 0.1) is 23.6 Å². The summed E-state index contributed by atoms with van der Waals surface area (Å²) in [6.45, 7) is 0.899. The summed E-state index contributed by atoms with van der Waals surface area (Å²) in [5.41, 5.74) is 0.982. The first kappa shape index (κ1) is 14.5. The minimum atomic E-state index is -0.387. The SMILES string of the molecule is O=C(NCc1cc(C#CCO)ccc1F)C1CCOC1. The van der Waals surface area contributed by atoms with Crippen LogP contribution < -0.4 is 5.32 Å². The molecule has 4 nitrogen and oxygen atoms in total. The molecule has 0 spiro atoms. The Kier molecular flexibility index (Phi) is 5.10. The molecule has 1 amide bonds. The van der Waals surface area contributed by atoms with Crippen LogP contribution in [0.4, 0.5) is 4.39 Å². The van der Waals surface area contributed by atoms with E-state index in [0.717, 1.165) is 0 Å². The largest absolute Gasteiger partial charge is 0.384 e. The fourth-order valence-corrected chi connectivity index (χ4v) is 2.00. The van der Waals surface area contributed by atoms with Gasteiger partial charge in [-0.25, -0.2) is 4.39 Å². The molecule has 1 fully saturated rings. The van der Waals surface area contributed by atoms with Gasteiger partial charge in [0.25, 0.3) is 0 Å². The van der Waals surface area contributed by atoms with Crippen LogP contribution in [0.3, 0.4) is 0 Å². The van der Waals surface area contributed by atoms with Crippen molar-refractivity contribution in [3.05, 3.63) is 35.1 Å². The summed E-state index contributed by atoms with van der Waals surface area (Å²) in [7, 11) is 0. The summed E-state index contributed by atoms with van der Waals surface area (Å²) in [6.07, 6.45) is 0.705. The fourth-order valence-electron chi connectivity index (χ4n) is 2.00. The monoisotopic (exact) mass is 277 g/mol. The maximum atomic E-state index is 13.6. The molecule has 1 heterocycles. The molecule has 106 valence electrons. The summed E-state index contributed by atoms with van der Waals surface area (Å²) < 4.78 is 18.8. The third kappa shape index (κ3) is 3.80. The third-order valence-corrected chi connectivity index (χ3v) is 3.11. The number of aliphatic hydroxyl groups excluding tert-OH is 1. The number of rotatable bonds is 3. The van der Waals surface area contributed by atoms with Gasteiger partial charge in [0.1, 0.15) is 12.4 Å². The van der Waals surface area contributed by atoms with Crippen molar-refractivity contribution in [1.82, 2.24) is 5.32 Å². The van der Waals surface area contributed by atoms with Gasteiger partial charge < -0.3 is 15.2 Å². The minimum absolute atomic E-state index is 0.117. The van der Waals surface area contributed by atoms with Gasteiger partial charge in [-0.3, -0.25) is 4.79 Å². The number of amides is 1. The first-order chi connectivity index (χ1) is 9.70. The standard InChI is InChI=1S/C15H16FNO3/c16-14-4-3-11(2-1-6-18)8-13(14)9-17-15(19)12-5-7-20-10-12/h3-4,8,12,18H,5-7,9-10H2,(H,17,19). The van der Waals surface area contributed by atoms with Crippen LogP contribution >= 0.6 is 0 Å². The quantitative estimate of drug-likeness (QED) is 0.804. The van der Waals surface area contributed by atoms with Crippen LogP contribution in [0.25, 0.3) is 0 Å². The molecule has 0 aromatic heterocycles. The van der Waals surface area contributed by atoms with Gasteiger partial charge in [0.15, 0.2) is 0 Å². The van der Waals surface area contributed by atoms with Gasteiger partial charge in [-0.1, -0.05) is 11.8 Å². The lowest BCUT2D eigenvalue weighted by Crippen LogP contribution is -2.30. The second-order valence-electron chi connectivity index (χ2n) is 4.54. The van der Waals surface area contributed by atoms with E-state index in [-0.39, 0.29) is 30.8 Å². The second-order valence-corrected chi connectivity index (χ2v) is 4.54. The number of nitrogens with one attached hydrogen (secondary N) is 1. The molecular weight excluding hydrogens is 261 g/mol. The molecule has 1 saturated heterocycles. The van der Waals surface area contributed by atoms with Gasteiger partial charge in [0, 0.05) is 24.3 Å². The molecule has 1 atom stereocenters. The Balaban J connectivity index is 1.99. The zero-order valence-electron chi connectivity index (χ0n) is 11.0. The normalized spacial score (nSPS) is 17.4. The zero-order valence-corrected chi connectivity index (χ0v) is 11.0. The van der Waals surface area contributed by atoms with E-state index in [2.05, 4.69) is 17.2 Å². The Hall–Kier alpha value is -1.90. The van der Waals surface area contributed by atoms with E-state index in [1.807, 2.05) is 0 Å². The molecular formula is C15H16FNO3. The molecule has 0 aliphatic carbocycles. The molecule has 1 unspecified atom stereocenters. The Morgan fingerprint density at radius 1 is 1.55 bits per heavy atom. The van der Waals surface area contributed by atoms with Crippen molar-refractivity contribution >= 4 is 5.91 Å². The molecule has 2 N–H and O–H groups in total. The van der Waals surface area contributed by atoms with Crippen LogP contribution in [-0.2, 0) is 16.1 Å². The molecule has 0 saturated carbocycles. The van der Waals surface area contributed by atoms with Crippen molar-refractivity contribution in [2.75, 3.05) is 19.8 Å². The lowest BCUT2D eigenvalue weighted by molar-refractivity contribution is -0.125. The minimum Gasteiger partial charge on any atom is -0.384 e. The van der Waals surface area contributed by atoms with Gasteiger partial charge >= 0.3 is 0 Å². The number of hydrogen-bond acceptors (Lipinski definition) is 3. The van der Waals surface area contributed by atoms with Gasteiger partial charge in [0.2, 0.25) is 5.91 Å². The lowest BCUT2D eigenvalue weighted by atomic mass is 10.1. The average molecular weight is 277 g/mol. The Morgan fingerprint density at radius 2 is 2.40 bits per heavy atom. The predicted octanol–water partition coefficient (Wildman–Crippen LogP) is 0.822. The summed E-state index contributed by atoms with van der Waals surface area (Å²) in [5.74, 6) is 4.56. The highest BCUT2D eigenvalue weighted by Crippen LogP contribution is 2.14. The highest BCUT2D eigenvalue weighted by molar-refractivity contribution is 5.79. The molecule has 1 aliphatic rings. The summed E-state index contributed by atoms with van der Waals surface area (Å²) in [6, 6.07) is 4.42. The maximum absolute atomic E-state index is 13.6. The van der Waals surface area contributed by atoms with E-state index in [1.54, 1.807) is 6.07 Å². The molecule has 0 bridgehead atoms. The number of benzene rings is 1. The van der Waals surface area contributed by atoms with Crippen LogP contribution in [0.2, 0.25) is 0 Å². The van der Waals surface area contributed by atoms with Gasteiger partial charge in [0.05, 0.1) is 12.5 Å². The van der Waals surface area contributed by atoms with Crippen molar-refractivity contribution in [3.63, 3.8) is 0 Å². The molecule has 1 aromatic rings. The average Bonchev–Trinajstić information content (AvgIpc) is 2.99. The third-order valence-electron chi connectivity index (χ3n) is 3.11. The van der Waals surface area contributed by atoms with E-state index < -0.39 is 0 Å². The van der Waals surface area contributed by atoms with Gasteiger partial charge in [-0.05, 0) is 24.6 Å².